The Balaban J connectivity index is 2.20. The van der Waals surface area contributed by atoms with E-state index in [0.717, 1.165) is 34.3 Å². The number of benzene rings is 1. The molecule has 1 aromatic heterocycles. The van der Waals surface area contributed by atoms with Gasteiger partial charge in [0.25, 0.3) is 0 Å². The van der Waals surface area contributed by atoms with E-state index in [1.54, 1.807) is 11.3 Å². The second-order valence-corrected chi connectivity index (χ2v) is 4.69. The number of hydrogen-bond donors (Lipinski definition) is 1. The van der Waals surface area contributed by atoms with Gasteiger partial charge < -0.3 is 10.1 Å². The predicted octanol–water partition coefficient (Wildman–Crippen LogP) is 3.64. The smallest absolute Gasteiger partial charge is 0.182 e. The molecule has 0 spiro atoms. The first-order chi connectivity index (χ1) is 8.33. The molecule has 0 aliphatic rings. The van der Waals surface area contributed by atoms with Crippen molar-refractivity contribution in [1.82, 2.24) is 4.98 Å². The van der Waals surface area contributed by atoms with Crippen molar-refractivity contribution in [3.05, 3.63) is 30.5 Å². The third-order valence-electron chi connectivity index (χ3n) is 2.31. The minimum atomic E-state index is 0.758. The van der Waals surface area contributed by atoms with E-state index >= 15 is 0 Å². The second-order valence-electron chi connectivity index (χ2n) is 3.66. The van der Waals surface area contributed by atoms with E-state index < -0.39 is 0 Å². The summed E-state index contributed by atoms with van der Waals surface area (Å²) in [4.78, 5) is 5.42. The minimum absolute atomic E-state index is 0.758. The normalized spacial score (nSPS) is 10.2. The molecular weight excluding hydrogens is 232 g/mol. The Morgan fingerprint density at radius 3 is 3.00 bits per heavy atom. The van der Waals surface area contributed by atoms with Crippen LogP contribution in [-0.4, -0.2) is 18.6 Å². The lowest BCUT2D eigenvalue weighted by atomic mass is 10.2. The summed E-state index contributed by atoms with van der Waals surface area (Å²) < 4.78 is 5.62. The van der Waals surface area contributed by atoms with Crippen LogP contribution in [0.25, 0.3) is 10.4 Å². The molecule has 4 heteroatoms. The van der Waals surface area contributed by atoms with Crippen LogP contribution in [0.15, 0.2) is 30.5 Å². The third kappa shape index (κ3) is 2.97. The third-order valence-corrected chi connectivity index (χ3v) is 3.37. The van der Waals surface area contributed by atoms with Gasteiger partial charge in [0.05, 0.1) is 11.5 Å². The maximum atomic E-state index is 5.62. The monoisotopic (exact) mass is 248 g/mol. The van der Waals surface area contributed by atoms with Crippen LogP contribution in [0.1, 0.15) is 13.3 Å². The van der Waals surface area contributed by atoms with E-state index in [1.165, 1.54) is 0 Å². The Hall–Kier alpha value is -1.55. The summed E-state index contributed by atoms with van der Waals surface area (Å²) in [5.74, 6) is 0.920. The van der Waals surface area contributed by atoms with Crippen molar-refractivity contribution < 1.29 is 4.74 Å². The van der Waals surface area contributed by atoms with Crippen LogP contribution < -0.4 is 10.1 Å². The summed E-state index contributed by atoms with van der Waals surface area (Å²) in [6, 6.07) is 8.13. The molecular formula is C13H16N2OS. The topological polar surface area (TPSA) is 34.1 Å². The first kappa shape index (κ1) is 11.9. The summed E-state index contributed by atoms with van der Waals surface area (Å²) >= 11 is 1.64. The lowest BCUT2D eigenvalue weighted by Crippen LogP contribution is -1.94. The van der Waals surface area contributed by atoms with Gasteiger partial charge in [-0.3, -0.25) is 0 Å². The summed E-state index contributed by atoms with van der Waals surface area (Å²) in [5.41, 5.74) is 1.15. The van der Waals surface area contributed by atoms with E-state index in [2.05, 4.69) is 29.4 Å². The highest BCUT2D eigenvalue weighted by Gasteiger charge is 2.04. The lowest BCUT2D eigenvalue weighted by molar-refractivity contribution is 0.317. The molecule has 2 rings (SSSR count). The van der Waals surface area contributed by atoms with Gasteiger partial charge in [0.15, 0.2) is 5.13 Å². The fraction of sp³-hybridized carbons (Fsp3) is 0.308. The molecule has 2 aromatic rings. The molecule has 0 saturated carbocycles. The molecule has 0 radical (unpaired) electrons. The van der Waals surface area contributed by atoms with Crippen LogP contribution in [-0.2, 0) is 0 Å². The number of nitrogens with one attached hydrogen (secondary N) is 1. The van der Waals surface area contributed by atoms with E-state index in [-0.39, 0.29) is 0 Å². The van der Waals surface area contributed by atoms with Gasteiger partial charge in [-0.2, -0.15) is 0 Å². The molecule has 1 N–H and O–H groups in total. The van der Waals surface area contributed by atoms with Gasteiger partial charge in [-0.05, 0) is 24.1 Å². The van der Waals surface area contributed by atoms with Crippen molar-refractivity contribution in [2.75, 3.05) is 19.0 Å². The summed E-state index contributed by atoms with van der Waals surface area (Å²) in [6.07, 6.45) is 2.91. The first-order valence-corrected chi connectivity index (χ1v) is 6.52. The van der Waals surface area contributed by atoms with Crippen molar-refractivity contribution in [2.24, 2.45) is 0 Å². The van der Waals surface area contributed by atoms with E-state index in [1.807, 2.05) is 25.4 Å². The highest BCUT2D eigenvalue weighted by Crippen LogP contribution is 2.30. The number of hydrogen-bond acceptors (Lipinski definition) is 4. The molecule has 1 aromatic carbocycles. The molecule has 0 saturated heterocycles. The number of ether oxygens (including phenoxy) is 1. The van der Waals surface area contributed by atoms with Gasteiger partial charge in [-0.15, -0.1) is 0 Å². The van der Waals surface area contributed by atoms with Gasteiger partial charge in [-0.25, -0.2) is 4.98 Å². The average Bonchev–Trinajstić information content (AvgIpc) is 2.85. The highest BCUT2D eigenvalue weighted by molar-refractivity contribution is 7.18. The molecule has 0 aliphatic carbocycles. The fourth-order valence-corrected chi connectivity index (χ4v) is 2.25. The number of rotatable bonds is 5. The van der Waals surface area contributed by atoms with E-state index in [9.17, 15) is 0 Å². The van der Waals surface area contributed by atoms with Gasteiger partial charge in [0.2, 0.25) is 0 Å². The number of aromatic nitrogens is 1. The molecule has 17 heavy (non-hydrogen) atoms. The van der Waals surface area contributed by atoms with E-state index in [0.29, 0.717) is 0 Å². The quantitative estimate of drug-likeness (QED) is 0.877. The molecule has 3 nitrogen and oxygen atoms in total. The molecule has 0 bridgehead atoms. The molecule has 0 atom stereocenters. The zero-order valence-electron chi connectivity index (χ0n) is 10.1. The highest BCUT2D eigenvalue weighted by atomic mass is 32.1. The zero-order chi connectivity index (χ0) is 12.1. The van der Waals surface area contributed by atoms with Crippen LogP contribution in [0.5, 0.6) is 5.75 Å². The van der Waals surface area contributed by atoms with Crippen LogP contribution in [0.2, 0.25) is 0 Å². The van der Waals surface area contributed by atoms with E-state index in [4.69, 9.17) is 4.74 Å². The zero-order valence-corrected chi connectivity index (χ0v) is 10.9. The summed E-state index contributed by atoms with van der Waals surface area (Å²) in [6.45, 7) is 2.86. The SMILES string of the molecule is CCCOc1cccc(-c2cnc(NC)s2)c1. The Morgan fingerprint density at radius 1 is 1.41 bits per heavy atom. The van der Waals surface area contributed by atoms with Crippen LogP contribution in [0, 0.1) is 0 Å². The van der Waals surface area contributed by atoms with Gasteiger partial charge in [0.1, 0.15) is 5.75 Å². The molecule has 0 unspecified atom stereocenters. The standard InChI is InChI=1S/C13H16N2OS/c1-3-7-16-11-6-4-5-10(8-11)12-9-15-13(14-2)17-12/h4-6,8-9H,3,7H2,1-2H3,(H,14,15). The molecule has 0 fully saturated rings. The van der Waals surface area contributed by atoms with Crippen molar-refractivity contribution >= 4 is 16.5 Å². The Bertz CT molecular complexity index is 482. The number of nitrogens with zero attached hydrogens (tertiary/aromatic N) is 1. The molecule has 0 amide bonds. The summed E-state index contributed by atoms with van der Waals surface area (Å²) in [5, 5.41) is 3.97. The molecule has 90 valence electrons. The van der Waals surface area contributed by atoms with Crippen molar-refractivity contribution in [1.29, 1.82) is 0 Å². The maximum absolute atomic E-state index is 5.62. The van der Waals surface area contributed by atoms with Gasteiger partial charge in [-0.1, -0.05) is 30.4 Å². The minimum Gasteiger partial charge on any atom is -0.494 e. The Kier molecular flexibility index (Phi) is 3.98. The van der Waals surface area contributed by atoms with Gasteiger partial charge >= 0.3 is 0 Å². The van der Waals surface area contributed by atoms with Crippen LogP contribution in [0.4, 0.5) is 5.13 Å². The fourth-order valence-electron chi connectivity index (χ4n) is 1.48. The largest absolute Gasteiger partial charge is 0.494 e. The summed E-state index contributed by atoms with van der Waals surface area (Å²) in [7, 11) is 1.88. The van der Waals surface area contributed by atoms with Crippen LogP contribution in [0.3, 0.4) is 0 Å². The van der Waals surface area contributed by atoms with Crippen molar-refractivity contribution in [2.45, 2.75) is 13.3 Å². The predicted molar refractivity (Wildman–Crippen MR) is 72.9 cm³/mol. The van der Waals surface area contributed by atoms with Gasteiger partial charge in [0, 0.05) is 13.2 Å². The van der Waals surface area contributed by atoms with Crippen LogP contribution >= 0.6 is 11.3 Å². The van der Waals surface area contributed by atoms with Crippen molar-refractivity contribution in [3.8, 4) is 16.2 Å². The first-order valence-electron chi connectivity index (χ1n) is 5.70. The molecule has 0 aliphatic heterocycles. The average molecular weight is 248 g/mol. The molecule has 1 heterocycles. The number of thiazole rings is 1. The number of anilines is 1. The lowest BCUT2D eigenvalue weighted by Gasteiger charge is -2.05. The Morgan fingerprint density at radius 2 is 2.29 bits per heavy atom. The second kappa shape index (κ2) is 5.68. The Labute approximate surface area is 105 Å². The maximum Gasteiger partial charge on any atom is 0.182 e. The van der Waals surface area contributed by atoms with Crippen molar-refractivity contribution in [3.63, 3.8) is 0 Å².